The average molecular weight is 332 g/mol. The van der Waals surface area contributed by atoms with Gasteiger partial charge in [-0.15, -0.1) is 0 Å². The van der Waals surface area contributed by atoms with Crippen molar-refractivity contribution in [3.63, 3.8) is 0 Å². The number of ether oxygens (including phenoxy) is 1. The van der Waals surface area contributed by atoms with Gasteiger partial charge in [-0.1, -0.05) is 30.3 Å². The van der Waals surface area contributed by atoms with Crippen LogP contribution in [0, 0.1) is 5.92 Å². The first kappa shape index (κ1) is 15.3. The summed E-state index contributed by atoms with van der Waals surface area (Å²) < 4.78 is 5.73. The summed E-state index contributed by atoms with van der Waals surface area (Å²) in [5, 5.41) is 3.25. The molecule has 1 N–H and O–H groups in total. The van der Waals surface area contributed by atoms with Gasteiger partial charge in [-0.3, -0.25) is 0 Å². The summed E-state index contributed by atoms with van der Waals surface area (Å²) in [6.07, 6.45) is 2.06. The van der Waals surface area contributed by atoms with E-state index >= 15 is 0 Å². The Balaban J connectivity index is 1.51. The lowest BCUT2D eigenvalue weighted by molar-refractivity contribution is 0.0260. The van der Waals surface area contributed by atoms with Crippen molar-refractivity contribution in [2.45, 2.75) is 30.8 Å². The standard InChI is InChI=1S/C18H24N2O2S/c21-18(19-14-7-9-23-12-14)20-10-15(13-4-2-1-3-5-13)16-11-22-8-6-17(16)20/h1-5,14-17H,6-12H2,(H,19,21). The highest BCUT2D eigenvalue weighted by Crippen LogP contribution is 2.40. The molecule has 2 amide bonds. The highest BCUT2D eigenvalue weighted by atomic mass is 32.2. The number of carbonyl (C=O) groups is 1. The number of urea groups is 1. The van der Waals surface area contributed by atoms with E-state index in [2.05, 4.69) is 40.5 Å². The monoisotopic (exact) mass is 332 g/mol. The Morgan fingerprint density at radius 1 is 1.26 bits per heavy atom. The van der Waals surface area contributed by atoms with Crippen LogP contribution in [0.15, 0.2) is 30.3 Å². The van der Waals surface area contributed by atoms with Gasteiger partial charge in [0.05, 0.1) is 6.61 Å². The second kappa shape index (κ2) is 6.73. The number of likely N-dealkylation sites (tertiary alicyclic amines) is 1. The average Bonchev–Trinajstić information content (AvgIpc) is 3.23. The molecule has 1 aromatic rings. The van der Waals surface area contributed by atoms with Crippen LogP contribution in [0.2, 0.25) is 0 Å². The largest absolute Gasteiger partial charge is 0.381 e. The summed E-state index contributed by atoms with van der Waals surface area (Å²) in [7, 11) is 0. The zero-order valence-corrected chi connectivity index (χ0v) is 14.1. The smallest absolute Gasteiger partial charge is 0.317 e. The zero-order valence-electron chi connectivity index (χ0n) is 13.3. The number of hydrogen-bond acceptors (Lipinski definition) is 3. The van der Waals surface area contributed by atoms with Crippen LogP contribution in [0.25, 0.3) is 0 Å². The number of nitrogens with one attached hydrogen (secondary N) is 1. The van der Waals surface area contributed by atoms with Crippen LogP contribution in [0.5, 0.6) is 0 Å². The van der Waals surface area contributed by atoms with E-state index in [9.17, 15) is 4.79 Å². The quantitative estimate of drug-likeness (QED) is 0.905. The number of thioether (sulfide) groups is 1. The minimum atomic E-state index is 0.132. The molecule has 4 nitrogen and oxygen atoms in total. The molecule has 1 aromatic carbocycles. The number of amides is 2. The fourth-order valence-electron chi connectivity index (χ4n) is 4.19. The maximum Gasteiger partial charge on any atom is 0.317 e. The predicted octanol–water partition coefficient (Wildman–Crippen LogP) is 2.71. The Bertz CT molecular complexity index is 547. The van der Waals surface area contributed by atoms with Crippen LogP contribution in [0.1, 0.15) is 24.3 Å². The topological polar surface area (TPSA) is 41.6 Å². The van der Waals surface area contributed by atoms with Gasteiger partial charge in [-0.2, -0.15) is 11.8 Å². The van der Waals surface area contributed by atoms with E-state index in [1.807, 2.05) is 11.8 Å². The Hall–Kier alpha value is -1.20. The number of hydrogen-bond donors (Lipinski definition) is 1. The van der Waals surface area contributed by atoms with E-state index in [1.165, 1.54) is 5.56 Å². The Morgan fingerprint density at radius 2 is 2.13 bits per heavy atom. The van der Waals surface area contributed by atoms with Crippen molar-refractivity contribution in [3.8, 4) is 0 Å². The van der Waals surface area contributed by atoms with Crippen molar-refractivity contribution in [2.75, 3.05) is 31.3 Å². The summed E-state index contributed by atoms with van der Waals surface area (Å²) in [4.78, 5) is 14.9. The van der Waals surface area contributed by atoms with E-state index in [0.717, 1.165) is 44.1 Å². The maximum absolute atomic E-state index is 12.8. The summed E-state index contributed by atoms with van der Waals surface area (Å²) in [6, 6.07) is 11.4. The van der Waals surface area contributed by atoms with E-state index in [0.29, 0.717) is 23.9 Å². The number of rotatable bonds is 2. The number of carbonyl (C=O) groups excluding carboxylic acids is 1. The molecule has 124 valence electrons. The molecule has 3 heterocycles. The predicted molar refractivity (Wildman–Crippen MR) is 92.9 cm³/mol. The minimum absolute atomic E-state index is 0.132. The first-order valence-corrected chi connectivity index (χ1v) is 9.76. The molecule has 4 rings (SSSR count). The molecular formula is C18H24N2O2S. The van der Waals surface area contributed by atoms with E-state index in [1.54, 1.807) is 0 Å². The highest BCUT2D eigenvalue weighted by Gasteiger charge is 2.46. The van der Waals surface area contributed by atoms with Gasteiger partial charge < -0.3 is 15.0 Å². The van der Waals surface area contributed by atoms with Crippen LogP contribution >= 0.6 is 11.8 Å². The Morgan fingerprint density at radius 3 is 2.91 bits per heavy atom. The molecule has 23 heavy (non-hydrogen) atoms. The third kappa shape index (κ3) is 3.09. The zero-order chi connectivity index (χ0) is 15.6. The molecule has 0 aromatic heterocycles. The van der Waals surface area contributed by atoms with Gasteiger partial charge in [0, 0.05) is 42.8 Å². The van der Waals surface area contributed by atoms with Gasteiger partial charge in [0.25, 0.3) is 0 Å². The maximum atomic E-state index is 12.8. The van der Waals surface area contributed by atoms with Crippen molar-refractivity contribution >= 4 is 17.8 Å². The normalized spacial score (nSPS) is 33.5. The molecule has 0 spiro atoms. The highest BCUT2D eigenvalue weighted by molar-refractivity contribution is 7.99. The molecule has 4 unspecified atom stereocenters. The van der Waals surface area contributed by atoms with Gasteiger partial charge in [0.2, 0.25) is 0 Å². The van der Waals surface area contributed by atoms with Crippen LogP contribution in [0.4, 0.5) is 4.79 Å². The molecule has 3 aliphatic rings. The number of fused-ring (bicyclic) bond motifs is 1. The lowest BCUT2D eigenvalue weighted by atomic mass is 9.84. The SMILES string of the molecule is O=C(NC1CCSC1)N1CC(c2ccccc2)C2COCCC21. The molecule has 3 saturated heterocycles. The summed E-state index contributed by atoms with van der Waals surface area (Å²) in [5.74, 6) is 3.04. The molecule has 4 atom stereocenters. The van der Waals surface area contributed by atoms with Crippen molar-refractivity contribution in [2.24, 2.45) is 5.92 Å². The van der Waals surface area contributed by atoms with Gasteiger partial charge >= 0.3 is 6.03 Å². The minimum Gasteiger partial charge on any atom is -0.381 e. The fraction of sp³-hybridized carbons (Fsp3) is 0.611. The van der Waals surface area contributed by atoms with Crippen molar-refractivity contribution in [3.05, 3.63) is 35.9 Å². The van der Waals surface area contributed by atoms with Gasteiger partial charge in [-0.25, -0.2) is 4.79 Å². The van der Waals surface area contributed by atoms with Crippen LogP contribution in [-0.2, 0) is 4.74 Å². The molecule has 0 radical (unpaired) electrons. The van der Waals surface area contributed by atoms with Gasteiger partial charge in [0.15, 0.2) is 0 Å². The third-order valence-corrected chi connectivity index (χ3v) is 6.58. The van der Waals surface area contributed by atoms with Gasteiger partial charge in [0.1, 0.15) is 0 Å². The number of nitrogens with zero attached hydrogens (tertiary/aromatic N) is 1. The van der Waals surface area contributed by atoms with Crippen molar-refractivity contribution < 1.29 is 9.53 Å². The first-order chi connectivity index (χ1) is 11.3. The van der Waals surface area contributed by atoms with E-state index in [4.69, 9.17) is 4.74 Å². The molecule has 0 saturated carbocycles. The van der Waals surface area contributed by atoms with Crippen molar-refractivity contribution in [1.82, 2.24) is 10.2 Å². The molecule has 0 bridgehead atoms. The second-order valence-corrected chi connectivity index (χ2v) is 7.92. The summed E-state index contributed by atoms with van der Waals surface area (Å²) in [6.45, 7) is 2.35. The fourth-order valence-corrected chi connectivity index (χ4v) is 5.35. The number of benzene rings is 1. The lowest BCUT2D eigenvalue weighted by Gasteiger charge is -2.33. The molecule has 5 heteroatoms. The molecular weight excluding hydrogens is 308 g/mol. The van der Waals surface area contributed by atoms with E-state index < -0.39 is 0 Å². The first-order valence-electron chi connectivity index (χ1n) is 8.60. The van der Waals surface area contributed by atoms with Gasteiger partial charge in [-0.05, 0) is 24.2 Å². The second-order valence-electron chi connectivity index (χ2n) is 6.77. The third-order valence-electron chi connectivity index (χ3n) is 5.42. The summed E-state index contributed by atoms with van der Waals surface area (Å²) >= 11 is 1.93. The molecule has 3 fully saturated rings. The van der Waals surface area contributed by atoms with E-state index in [-0.39, 0.29) is 6.03 Å². The Labute approximate surface area is 142 Å². The lowest BCUT2D eigenvalue weighted by Crippen LogP contribution is -2.49. The van der Waals surface area contributed by atoms with Crippen LogP contribution < -0.4 is 5.32 Å². The Kier molecular flexibility index (Phi) is 4.49. The molecule has 3 aliphatic heterocycles. The molecule has 0 aliphatic carbocycles. The van der Waals surface area contributed by atoms with Crippen LogP contribution in [-0.4, -0.2) is 54.3 Å². The summed E-state index contributed by atoms with van der Waals surface area (Å²) in [5.41, 5.74) is 1.33. The van der Waals surface area contributed by atoms with Crippen LogP contribution in [0.3, 0.4) is 0 Å². The van der Waals surface area contributed by atoms with Crippen molar-refractivity contribution in [1.29, 1.82) is 0 Å².